The predicted molar refractivity (Wildman–Crippen MR) is 69.5 cm³/mol. The molecule has 2 heteroatoms. The smallest absolute Gasteiger partial charge is 0.161 e. The van der Waals surface area contributed by atoms with Crippen LogP contribution in [0, 0.1) is 13.8 Å². The minimum atomic E-state index is 0.132. The van der Waals surface area contributed by atoms with E-state index in [4.69, 9.17) is 0 Å². The number of rotatable bonds is 3. The number of nitrogens with one attached hydrogen (secondary N) is 1. The Morgan fingerprint density at radius 2 is 1.88 bits per heavy atom. The van der Waals surface area contributed by atoms with Crippen molar-refractivity contribution in [1.29, 1.82) is 0 Å². The highest BCUT2D eigenvalue weighted by molar-refractivity contribution is 5.96. The van der Waals surface area contributed by atoms with Crippen molar-refractivity contribution in [3.05, 3.63) is 58.4 Å². The van der Waals surface area contributed by atoms with Gasteiger partial charge in [0.2, 0.25) is 0 Å². The molecule has 0 saturated heterocycles. The summed E-state index contributed by atoms with van der Waals surface area (Å²) in [5.74, 6) is 0.132. The lowest BCUT2D eigenvalue weighted by Crippen LogP contribution is -2.00. The third kappa shape index (κ3) is 2.31. The highest BCUT2D eigenvalue weighted by Gasteiger charge is 2.13. The van der Waals surface area contributed by atoms with Gasteiger partial charge in [-0.1, -0.05) is 24.3 Å². The number of benzene rings is 1. The van der Waals surface area contributed by atoms with E-state index in [0.29, 0.717) is 0 Å². The summed E-state index contributed by atoms with van der Waals surface area (Å²) in [7, 11) is 0. The van der Waals surface area contributed by atoms with Crippen molar-refractivity contribution in [3.63, 3.8) is 0 Å². The van der Waals surface area contributed by atoms with Crippen LogP contribution < -0.4 is 0 Å². The van der Waals surface area contributed by atoms with Crippen LogP contribution in [0.3, 0.4) is 0 Å². The summed E-state index contributed by atoms with van der Waals surface area (Å²) in [4.78, 5) is 14.7. The predicted octanol–water partition coefficient (Wildman–Crippen LogP) is 3.42. The molecule has 0 aliphatic heterocycles. The van der Waals surface area contributed by atoms with Gasteiger partial charge in [0, 0.05) is 17.5 Å². The molecule has 1 N–H and O–H groups in total. The van der Waals surface area contributed by atoms with E-state index in [9.17, 15) is 4.79 Å². The van der Waals surface area contributed by atoms with E-state index in [-0.39, 0.29) is 5.78 Å². The minimum Gasteiger partial charge on any atom is -0.364 e. The van der Waals surface area contributed by atoms with Gasteiger partial charge in [-0.2, -0.15) is 0 Å². The Morgan fingerprint density at radius 1 is 1.18 bits per heavy atom. The summed E-state index contributed by atoms with van der Waals surface area (Å²) in [6.07, 6.45) is 2.75. The van der Waals surface area contributed by atoms with Gasteiger partial charge in [0.1, 0.15) is 0 Å². The minimum absolute atomic E-state index is 0.132. The number of aromatic nitrogens is 1. The topological polar surface area (TPSA) is 32.9 Å². The number of hydrogen-bond donors (Lipinski definition) is 1. The molecule has 0 aliphatic rings. The molecule has 17 heavy (non-hydrogen) atoms. The van der Waals surface area contributed by atoms with Gasteiger partial charge in [-0.15, -0.1) is 0 Å². The Morgan fingerprint density at radius 3 is 2.53 bits per heavy atom. The third-order valence-corrected chi connectivity index (χ3v) is 3.15. The van der Waals surface area contributed by atoms with Crippen molar-refractivity contribution in [2.75, 3.05) is 0 Å². The van der Waals surface area contributed by atoms with Crippen molar-refractivity contribution in [2.24, 2.45) is 0 Å². The van der Waals surface area contributed by atoms with Crippen LogP contribution in [0.25, 0.3) is 0 Å². The summed E-state index contributed by atoms with van der Waals surface area (Å²) in [6, 6.07) is 8.28. The first kappa shape index (κ1) is 11.6. The molecule has 0 unspecified atom stereocenters. The van der Waals surface area contributed by atoms with Gasteiger partial charge in [0.15, 0.2) is 5.78 Å². The van der Waals surface area contributed by atoms with Crippen LogP contribution in [-0.2, 0) is 6.42 Å². The number of hydrogen-bond acceptors (Lipinski definition) is 1. The standard InChI is InChI=1S/C15H17NO/c1-10-6-4-5-7-13(10)8-14-9-16-11(2)15(14)12(3)17/h4-7,9,16H,8H2,1-3H3. The second-order valence-electron chi connectivity index (χ2n) is 4.47. The quantitative estimate of drug-likeness (QED) is 0.801. The van der Waals surface area contributed by atoms with E-state index in [2.05, 4.69) is 24.0 Å². The first-order valence-corrected chi connectivity index (χ1v) is 5.82. The van der Waals surface area contributed by atoms with E-state index in [1.807, 2.05) is 25.3 Å². The highest BCUT2D eigenvalue weighted by Crippen LogP contribution is 2.19. The number of aryl methyl sites for hydroxylation is 2. The van der Waals surface area contributed by atoms with Crippen molar-refractivity contribution < 1.29 is 4.79 Å². The molecule has 2 rings (SSSR count). The molecule has 1 heterocycles. The fraction of sp³-hybridized carbons (Fsp3) is 0.267. The van der Waals surface area contributed by atoms with E-state index in [0.717, 1.165) is 23.2 Å². The Hall–Kier alpha value is -1.83. The average molecular weight is 227 g/mol. The molecular formula is C15H17NO. The van der Waals surface area contributed by atoms with Gasteiger partial charge >= 0.3 is 0 Å². The molecule has 0 spiro atoms. The number of aromatic amines is 1. The molecule has 1 aromatic heterocycles. The normalized spacial score (nSPS) is 10.5. The number of carbonyl (C=O) groups excluding carboxylic acids is 1. The number of H-pyrrole nitrogens is 1. The summed E-state index contributed by atoms with van der Waals surface area (Å²) < 4.78 is 0. The van der Waals surface area contributed by atoms with Crippen molar-refractivity contribution in [2.45, 2.75) is 27.2 Å². The van der Waals surface area contributed by atoms with Gasteiger partial charge in [-0.3, -0.25) is 4.79 Å². The molecule has 0 amide bonds. The van der Waals surface area contributed by atoms with Crippen LogP contribution in [0.1, 0.15) is 39.7 Å². The van der Waals surface area contributed by atoms with Crippen molar-refractivity contribution in [1.82, 2.24) is 4.98 Å². The maximum atomic E-state index is 11.6. The Kier molecular flexibility index (Phi) is 3.14. The van der Waals surface area contributed by atoms with E-state index < -0.39 is 0 Å². The fourth-order valence-electron chi connectivity index (χ4n) is 2.22. The van der Waals surface area contributed by atoms with Crippen LogP contribution in [-0.4, -0.2) is 10.8 Å². The Balaban J connectivity index is 2.37. The molecule has 0 bridgehead atoms. The Labute approximate surface area is 102 Å². The number of ketones is 1. The summed E-state index contributed by atoms with van der Waals surface area (Å²) in [6.45, 7) is 5.66. The molecule has 0 fully saturated rings. The van der Waals surface area contributed by atoms with Gasteiger partial charge in [-0.05, 0) is 43.9 Å². The van der Waals surface area contributed by atoms with Gasteiger partial charge < -0.3 is 4.98 Å². The zero-order chi connectivity index (χ0) is 12.4. The molecular weight excluding hydrogens is 210 g/mol. The van der Waals surface area contributed by atoms with Gasteiger partial charge in [0.25, 0.3) is 0 Å². The lowest BCUT2D eigenvalue weighted by Gasteiger charge is -2.05. The van der Waals surface area contributed by atoms with Crippen LogP contribution in [0.2, 0.25) is 0 Å². The number of Topliss-reactive ketones (excluding diaryl/α,β-unsaturated/α-hetero) is 1. The molecule has 0 aliphatic carbocycles. The first-order chi connectivity index (χ1) is 8.09. The monoisotopic (exact) mass is 227 g/mol. The lowest BCUT2D eigenvalue weighted by molar-refractivity contribution is 0.101. The molecule has 0 saturated carbocycles. The maximum absolute atomic E-state index is 11.6. The second kappa shape index (κ2) is 4.58. The van der Waals surface area contributed by atoms with E-state index in [1.54, 1.807) is 6.92 Å². The van der Waals surface area contributed by atoms with E-state index >= 15 is 0 Å². The molecule has 2 nitrogen and oxygen atoms in total. The number of carbonyl (C=O) groups is 1. The highest BCUT2D eigenvalue weighted by atomic mass is 16.1. The SMILES string of the molecule is CC(=O)c1c(Cc2ccccc2C)c[nH]c1C. The van der Waals surface area contributed by atoms with Crippen molar-refractivity contribution >= 4 is 5.78 Å². The Bertz CT molecular complexity index is 552. The average Bonchev–Trinajstić information content (AvgIpc) is 2.63. The van der Waals surface area contributed by atoms with E-state index in [1.165, 1.54) is 11.1 Å². The van der Waals surface area contributed by atoms with Gasteiger partial charge in [0.05, 0.1) is 0 Å². The third-order valence-electron chi connectivity index (χ3n) is 3.15. The lowest BCUT2D eigenvalue weighted by atomic mass is 9.98. The summed E-state index contributed by atoms with van der Waals surface area (Å²) >= 11 is 0. The zero-order valence-corrected chi connectivity index (χ0v) is 10.5. The zero-order valence-electron chi connectivity index (χ0n) is 10.5. The van der Waals surface area contributed by atoms with Crippen LogP contribution in [0.4, 0.5) is 0 Å². The first-order valence-electron chi connectivity index (χ1n) is 5.82. The molecule has 1 aromatic carbocycles. The molecule has 2 aromatic rings. The van der Waals surface area contributed by atoms with Crippen LogP contribution in [0.5, 0.6) is 0 Å². The van der Waals surface area contributed by atoms with Crippen molar-refractivity contribution in [3.8, 4) is 0 Å². The second-order valence-corrected chi connectivity index (χ2v) is 4.47. The fourth-order valence-corrected chi connectivity index (χ4v) is 2.22. The van der Waals surface area contributed by atoms with Gasteiger partial charge in [-0.25, -0.2) is 0 Å². The summed E-state index contributed by atoms with van der Waals surface area (Å²) in [5, 5.41) is 0. The molecule has 0 atom stereocenters. The molecule has 0 radical (unpaired) electrons. The maximum Gasteiger partial charge on any atom is 0.161 e. The van der Waals surface area contributed by atoms with Crippen LogP contribution >= 0.6 is 0 Å². The largest absolute Gasteiger partial charge is 0.364 e. The van der Waals surface area contributed by atoms with Crippen LogP contribution in [0.15, 0.2) is 30.5 Å². The summed E-state index contributed by atoms with van der Waals surface area (Å²) in [5.41, 5.74) is 5.42. The molecule has 88 valence electrons.